The van der Waals surface area contributed by atoms with E-state index in [1.807, 2.05) is 0 Å². The standard InChI is InChI=1S/C19H18ClF3N4O3/c1-12(26-30-18(28)25-15-4-2-14(20)3-5-15)17-16(27-6-8-29-9-7-27)10-13(11-24-17)19(21,22)23/h2-5,10-11H,6-9H2,1H3,(H,25,28). The van der Waals surface area contributed by atoms with Crippen LogP contribution >= 0.6 is 11.6 Å². The van der Waals surface area contributed by atoms with E-state index in [2.05, 4.69) is 15.5 Å². The average molecular weight is 443 g/mol. The zero-order chi connectivity index (χ0) is 21.7. The molecule has 2 aromatic rings. The fourth-order valence-electron chi connectivity index (χ4n) is 2.76. The Morgan fingerprint density at radius 1 is 1.27 bits per heavy atom. The number of carbonyl (C=O) groups excluding carboxylic acids is 1. The molecule has 1 saturated heterocycles. The maximum atomic E-state index is 13.2. The van der Waals surface area contributed by atoms with Gasteiger partial charge < -0.3 is 9.64 Å². The highest BCUT2D eigenvalue weighted by atomic mass is 35.5. The van der Waals surface area contributed by atoms with Crippen molar-refractivity contribution in [3.63, 3.8) is 0 Å². The number of pyridine rings is 1. The number of nitrogens with one attached hydrogen (secondary N) is 1. The fraction of sp³-hybridized carbons (Fsp3) is 0.316. The van der Waals surface area contributed by atoms with Crippen molar-refractivity contribution in [1.29, 1.82) is 0 Å². The van der Waals surface area contributed by atoms with E-state index in [0.717, 1.165) is 12.3 Å². The van der Waals surface area contributed by atoms with E-state index in [9.17, 15) is 18.0 Å². The van der Waals surface area contributed by atoms with Crippen LogP contribution in [0.2, 0.25) is 5.02 Å². The van der Waals surface area contributed by atoms with Crippen LogP contribution in [0, 0.1) is 0 Å². The van der Waals surface area contributed by atoms with Crippen LogP contribution in [-0.4, -0.2) is 43.1 Å². The molecule has 2 heterocycles. The number of nitrogens with zero attached hydrogens (tertiary/aromatic N) is 3. The van der Waals surface area contributed by atoms with Gasteiger partial charge in [-0.2, -0.15) is 13.2 Å². The molecule has 3 rings (SSSR count). The summed E-state index contributed by atoms with van der Waals surface area (Å²) >= 11 is 5.78. The number of rotatable bonds is 4. The van der Waals surface area contributed by atoms with Gasteiger partial charge in [0.1, 0.15) is 11.4 Å². The number of aromatic nitrogens is 1. The van der Waals surface area contributed by atoms with Gasteiger partial charge in [-0.05, 0) is 37.3 Å². The van der Waals surface area contributed by atoms with Gasteiger partial charge in [-0.15, -0.1) is 0 Å². The van der Waals surface area contributed by atoms with E-state index in [-0.39, 0.29) is 17.1 Å². The lowest BCUT2D eigenvalue weighted by atomic mass is 10.1. The molecule has 0 atom stereocenters. The monoisotopic (exact) mass is 442 g/mol. The first-order chi connectivity index (χ1) is 14.2. The van der Waals surface area contributed by atoms with Gasteiger partial charge in [-0.3, -0.25) is 15.1 Å². The Hall–Kier alpha value is -2.85. The molecule has 1 aliphatic heterocycles. The molecule has 1 aliphatic rings. The smallest absolute Gasteiger partial charge is 0.378 e. The minimum atomic E-state index is -4.54. The Bertz CT molecular complexity index is 930. The zero-order valence-corrected chi connectivity index (χ0v) is 16.6. The van der Waals surface area contributed by atoms with Gasteiger partial charge in [0.25, 0.3) is 0 Å². The Morgan fingerprint density at radius 3 is 2.57 bits per heavy atom. The largest absolute Gasteiger partial charge is 0.437 e. The molecule has 1 aromatic heterocycles. The predicted octanol–water partition coefficient (Wildman–Crippen LogP) is 4.56. The van der Waals surface area contributed by atoms with Crippen molar-refractivity contribution in [3.8, 4) is 0 Å². The second-order valence-corrected chi connectivity index (χ2v) is 6.81. The Balaban J connectivity index is 1.80. The molecule has 1 fully saturated rings. The first-order valence-electron chi connectivity index (χ1n) is 8.92. The van der Waals surface area contributed by atoms with Gasteiger partial charge in [-0.1, -0.05) is 16.8 Å². The van der Waals surface area contributed by atoms with Gasteiger partial charge >= 0.3 is 12.3 Å². The molecule has 0 saturated carbocycles. The first-order valence-corrected chi connectivity index (χ1v) is 9.30. The van der Waals surface area contributed by atoms with Gasteiger partial charge in [0.05, 0.1) is 24.5 Å². The van der Waals surface area contributed by atoms with Crippen LogP contribution in [-0.2, 0) is 15.8 Å². The molecule has 0 spiro atoms. The summed E-state index contributed by atoms with van der Waals surface area (Å²) in [5, 5.41) is 6.70. The van der Waals surface area contributed by atoms with Crippen LogP contribution in [0.25, 0.3) is 0 Å². The van der Waals surface area contributed by atoms with E-state index < -0.39 is 17.8 Å². The molecule has 0 aliphatic carbocycles. The SMILES string of the molecule is CC(=NOC(=O)Nc1ccc(Cl)cc1)c1ncc(C(F)(F)F)cc1N1CCOCC1. The van der Waals surface area contributed by atoms with Crippen LogP contribution in [0.1, 0.15) is 18.2 Å². The highest BCUT2D eigenvalue weighted by Crippen LogP contribution is 2.33. The molecular formula is C19H18ClF3N4O3. The summed E-state index contributed by atoms with van der Waals surface area (Å²) in [4.78, 5) is 22.4. The van der Waals surface area contributed by atoms with Crippen molar-refractivity contribution in [3.05, 3.63) is 52.8 Å². The normalized spacial score (nSPS) is 15.1. The summed E-state index contributed by atoms with van der Waals surface area (Å²) in [5.74, 6) is 0. The molecule has 0 bridgehead atoms. The van der Waals surface area contributed by atoms with Crippen molar-refractivity contribution in [1.82, 2.24) is 4.98 Å². The number of anilines is 2. The first kappa shape index (κ1) is 21.8. The Labute approximate surface area is 175 Å². The summed E-state index contributed by atoms with van der Waals surface area (Å²) in [6.45, 7) is 3.06. The van der Waals surface area contributed by atoms with Crippen molar-refractivity contribution in [2.75, 3.05) is 36.5 Å². The lowest BCUT2D eigenvalue weighted by Crippen LogP contribution is -2.37. The maximum Gasteiger partial charge on any atom is 0.437 e. The number of hydrogen-bond donors (Lipinski definition) is 1. The van der Waals surface area contributed by atoms with Gasteiger partial charge in [0.15, 0.2) is 0 Å². The van der Waals surface area contributed by atoms with Gasteiger partial charge in [-0.25, -0.2) is 4.79 Å². The summed E-state index contributed by atoms with van der Waals surface area (Å²) in [5.41, 5.74) is 0.151. The van der Waals surface area contributed by atoms with E-state index in [1.165, 1.54) is 6.92 Å². The van der Waals surface area contributed by atoms with Gasteiger partial charge in [0, 0.05) is 30.0 Å². The molecule has 0 unspecified atom stereocenters. The second-order valence-electron chi connectivity index (χ2n) is 6.38. The fourth-order valence-corrected chi connectivity index (χ4v) is 2.89. The number of amides is 1. The number of alkyl halides is 3. The van der Waals surface area contributed by atoms with Crippen LogP contribution in [0.5, 0.6) is 0 Å². The van der Waals surface area contributed by atoms with E-state index >= 15 is 0 Å². The minimum absolute atomic E-state index is 0.150. The lowest BCUT2D eigenvalue weighted by Gasteiger charge is -2.30. The number of halogens is 4. The highest BCUT2D eigenvalue weighted by molar-refractivity contribution is 6.30. The topological polar surface area (TPSA) is 76.0 Å². The number of carbonyl (C=O) groups is 1. The predicted molar refractivity (Wildman–Crippen MR) is 106 cm³/mol. The zero-order valence-electron chi connectivity index (χ0n) is 15.9. The summed E-state index contributed by atoms with van der Waals surface area (Å²) in [7, 11) is 0. The van der Waals surface area contributed by atoms with Crippen molar-refractivity contribution in [2.45, 2.75) is 13.1 Å². The molecule has 160 valence electrons. The summed E-state index contributed by atoms with van der Waals surface area (Å²) in [6.07, 6.45) is -4.67. The number of hydrogen-bond acceptors (Lipinski definition) is 6. The molecule has 11 heteroatoms. The molecule has 1 aromatic carbocycles. The quantitative estimate of drug-likeness (QED) is 0.426. The second kappa shape index (κ2) is 9.31. The number of ether oxygens (including phenoxy) is 1. The minimum Gasteiger partial charge on any atom is -0.378 e. The van der Waals surface area contributed by atoms with Crippen molar-refractivity contribution >= 4 is 34.8 Å². The molecule has 1 amide bonds. The Morgan fingerprint density at radius 2 is 1.93 bits per heavy atom. The highest BCUT2D eigenvalue weighted by Gasteiger charge is 2.33. The molecular weight excluding hydrogens is 425 g/mol. The van der Waals surface area contributed by atoms with Crippen LogP contribution in [0.15, 0.2) is 41.7 Å². The third-order valence-electron chi connectivity index (χ3n) is 4.25. The molecule has 30 heavy (non-hydrogen) atoms. The lowest BCUT2D eigenvalue weighted by molar-refractivity contribution is -0.137. The maximum absolute atomic E-state index is 13.2. The van der Waals surface area contributed by atoms with Crippen molar-refractivity contribution in [2.24, 2.45) is 5.16 Å². The molecule has 0 radical (unpaired) electrons. The van der Waals surface area contributed by atoms with Crippen LogP contribution in [0.4, 0.5) is 29.3 Å². The third-order valence-corrected chi connectivity index (χ3v) is 4.50. The Kier molecular flexibility index (Phi) is 6.78. The average Bonchev–Trinajstić information content (AvgIpc) is 2.73. The van der Waals surface area contributed by atoms with E-state index in [1.54, 1.807) is 29.2 Å². The van der Waals surface area contributed by atoms with E-state index in [0.29, 0.717) is 37.0 Å². The third kappa shape index (κ3) is 5.61. The summed E-state index contributed by atoms with van der Waals surface area (Å²) < 4.78 is 44.7. The molecule has 1 N–H and O–H groups in total. The number of oxime groups is 1. The van der Waals surface area contributed by atoms with Crippen LogP contribution < -0.4 is 10.2 Å². The van der Waals surface area contributed by atoms with Crippen LogP contribution in [0.3, 0.4) is 0 Å². The number of morpholine rings is 1. The molecule has 7 nitrogen and oxygen atoms in total. The van der Waals surface area contributed by atoms with Crippen molar-refractivity contribution < 1.29 is 27.5 Å². The number of benzene rings is 1. The van der Waals surface area contributed by atoms with Gasteiger partial charge in [0.2, 0.25) is 0 Å². The van der Waals surface area contributed by atoms with E-state index in [4.69, 9.17) is 21.2 Å². The summed E-state index contributed by atoms with van der Waals surface area (Å²) in [6, 6.07) is 7.35.